The number of carbonyl (C=O) groups excluding carboxylic acids is 1. The molecule has 1 saturated heterocycles. The van der Waals surface area contributed by atoms with Crippen LogP contribution in [-0.2, 0) is 21.4 Å². The summed E-state index contributed by atoms with van der Waals surface area (Å²) in [7, 11) is -0.971. The Morgan fingerprint density at radius 3 is 2.43 bits per heavy atom. The molecule has 1 amide bonds. The van der Waals surface area contributed by atoms with Gasteiger partial charge in [-0.1, -0.05) is 30.3 Å². The molecule has 0 aromatic heterocycles. The van der Waals surface area contributed by atoms with Crippen LogP contribution >= 0.6 is 0 Å². The van der Waals surface area contributed by atoms with Crippen LogP contribution in [0.4, 0.5) is 0 Å². The molecule has 0 spiro atoms. The van der Waals surface area contributed by atoms with Gasteiger partial charge in [-0.25, -0.2) is 8.42 Å². The Hall–Kier alpha value is -3.56. The van der Waals surface area contributed by atoms with Gasteiger partial charge in [0.05, 0.1) is 19.1 Å². The van der Waals surface area contributed by atoms with Crippen molar-refractivity contribution < 1.29 is 27.4 Å². The third-order valence-electron chi connectivity index (χ3n) is 5.81. The highest BCUT2D eigenvalue weighted by molar-refractivity contribution is 7.89. The number of methoxy groups -OCH3 is 2. The van der Waals surface area contributed by atoms with Crippen molar-refractivity contribution in [2.24, 2.45) is 0 Å². The van der Waals surface area contributed by atoms with Crippen LogP contribution in [0.1, 0.15) is 18.4 Å². The van der Waals surface area contributed by atoms with Gasteiger partial charge >= 0.3 is 0 Å². The molecule has 9 heteroatoms. The van der Waals surface area contributed by atoms with Crippen LogP contribution in [0.2, 0.25) is 0 Å². The van der Waals surface area contributed by atoms with Gasteiger partial charge in [0, 0.05) is 19.2 Å². The number of rotatable bonds is 9. The largest absolute Gasteiger partial charge is 0.493 e. The summed E-state index contributed by atoms with van der Waals surface area (Å²) in [5, 5.41) is 2.88. The second-order valence-corrected chi connectivity index (χ2v) is 9.96. The van der Waals surface area contributed by atoms with Gasteiger partial charge in [-0.05, 0) is 54.8 Å². The smallest absolute Gasteiger partial charge is 0.243 e. The minimum absolute atomic E-state index is 0.0561. The van der Waals surface area contributed by atoms with Crippen molar-refractivity contribution in [3.63, 3.8) is 0 Å². The van der Waals surface area contributed by atoms with E-state index in [1.54, 1.807) is 6.07 Å². The Bertz CT molecular complexity index is 1280. The van der Waals surface area contributed by atoms with E-state index >= 15 is 0 Å². The molecule has 1 fully saturated rings. The summed E-state index contributed by atoms with van der Waals surface area (Å²) in [5.74, 6) is 1.78. The van der Waals surface area contributed by atoms with Crippen LogP contribution in [0, 0.1) is 0 Å². The first-order chi connectivity index (χ1) is 16.9. The van der Waals surface area contributed by atoms with Gasteiger partial charge < -0.3 is 19.5 Å². The van der Waals surface area contributed by atoms with Gasteiger partial charge in [0.2, 0.25) is 15.9 Å². The first-order valence-corrected chi connectivity index (χ1v) is 12.7. The van der Waals surface area contributed by atoms with Crippen LogP contribution in [0.15, 0.2) is 77.7 Å². The van der Waals surface area contributed by atoms with Crippen LogP contribution < -0.4 is 19.5 Å². The molecular formula is C26H28N2O6S. The number of amides is 1. The quantitative estimate of drug-likeness (QED) is 0.482. The van der Waals surface area contributed by atoms with Gasteiger partial charge in [0.25, 0.3) is 0 Å². The lowest BCUT2D eigenvalue weighted by Crippen LogP contribution is -2.45. The normalized spacial score (nSPS) is 16.0. The average molecular weight is 497 g/mol. The zero-order valence-electron chi connectivity index (χ0n) is 19.6. The minimum Gasteiger partial charge on any atom is -0.493 e. The van der Waals surface area contributed by atoms with Crippen molar-refractivity contribution in [3.8, 4) is 23.0 Å². The Balaban J connectivity index is 1.44. The number of benzene rings is 3. The molecule has 4 rings (SSSR count). The fourth-order valence-corrected chi connectivity index (χ4v) is 5.73. The highest BCUT2D eigenvalue weighted by atomic mass is 32.2. The summed E-state index contributed by atoms with van der Waals surface area (Å²) < 4.78 is 44.2. The van der Waals surface area contributed by atoms with Crippen molar-refractivity contribution in [2.45, 2.75) is 30.3 Å². The van der Waals surface area contributed by atoms with E-state index in [9.17, 15) is 13.2 Å². The molecule has 0 bridgehead atoms. The second kappa shape index (κ2) is 10.8. The van der Waals surface area contributed by atoms with Gasteiger partial charge in [-0.15, -0.1) is 0 Å². The predicted molar refractivity (Wildman–Crippen MR) is 131 cm³/mol. The molecule has 1 aliphatic heterocycles. The van der Waals surface area contributed by atoms with Crippen LogP contribution in [-0.4, -0.2) is 45.4 Å². The molecule has 1 unspecified atom stereocenters. The van der Waals surface area contributed by atoms with Crippen LogP contribution in [0.5, 0.6) is 23.0 Å². The molecule has 1 heterocycles. The number of sulfonamides is 1. The number of ether oxygens (including phenoxy) is 3. The second-order valence-electron chi connectivity index (χ2n) is 8.07. The molecule has 1 atom stereocenters. The molecule has 3 aromatic rings. The Kier molecular flexibility index (Phi) is 7.57. The van der Waals surface area contributed by atoms with E-state index in [1.165, 1.54) is 30.7 Å². The third kappa shape index (κ3) is 5.58. The Morgan fingerprint density at radius 1 is 0.943 bits per heavy atom. The van der Waals surface area contributed by atoms with Crippen molar-refractivity contribution in [2.75, 3.05) is 20.8 Å². The summed E-state index contributed by atoms with van der Waals surface area (Å²) in [6.45, 7) is 0.529. The number of nitrogens with zero attached hydrogens (tertiary/aromatic N) is 1. The topological polar surface area (TPSA) is 94.2 Å². The van der Waals surface area contributed by atoms with Crippen molar-refractivity contribution >= 4 is 15.9 Å². The maximum absolute atomic E-state index is 13.3. The maximum atomic E-state index is 13.3. The van der Waals surface area contributed by atoms with Gasteiger partial charge in [-0.2, -0.15) is 4.31 Å². The molecule has 184 valence electrons. The van der Waals surface area contributed by atoms with Crippen LogP contribution in [0.3, 0.4) is 0 Å². The van der Waals surface area contributed by atoms with Gasteiger partial charge in [-0.3, -0.25) is 4.79 Å². The lowest BCUT2D eigenvalue weighted by Gasteiger charge is -2.24. The van der Waals surface area contributed by atoms with E-state index in [2.05, 4.69) is 5.32 Å². The summed E-state index contributed by atoms with van der Waals surface area (Å²) in [6.07, 6.45) is 1.06. The fourth-order valence-electron chi connectivity index (χ4n) is 4.05. The fraction of sp³-hybridized carbons (Fsp3) is 0.269. The van der Waals surface area contributed by atoms with E-state index in [-0.39, 0.29) is 23.9 Å². The van der Waals surface area contributed by atoms with E-state index in [4.69, 9.17) is 14.2 Å². The molecule has 1 aliphatic rings. The highest BCUT2D eigenvalue weighted by Gasteiger charge is 2.39. The number of para-hydroxylation sites is 1. The first-order valence-electron chi connectivity index (χ1n) is 11.3. The average Bonchev–Trinajstić information content (AvgIpc) is 3.39. The molecule has 0 saturated carbocycles. The van der Waals surface area contributed by atoms with Crippen molar-refractivity contribution in [1.29, 1.82) is 0 Å². The minimum atomic E-state index is -3.90. The number of carbonyl (C=O) groups is 1. The maximum Gasteiger partial charge on any atom is 0.243 e. The highest BCUT2D eigenvalue weighted by Crippen LogP contribution is 2.33. The molecule has 0 radical (unpaired) electrons. The van der Waals surface area contributed by atoms with Gasteiger partial charge in [0.15, 0.2) is 11.5 Å². The van der Waals surface area contributed by atoms with Crippen molar-refractivity contribution in [3.05, 3.63) is 78.4 Å². The zero-order valence-corrected chi connectivity index (χ0v) is 20.5. The van der Waals surface area contributed by atoms with Gasteiger partial charge in [0.1, 0.15) is 17.5 Å². The van der Waals surface area contributed by atoms with E-state index in [1.807, 2.05) is 54.6 Å². The third-order valence-corrected chi connectivity index (χ3v) is 7.72. The molecule has 1 N–H and O–H groups in total. The molecular weight excluding hydrogens is 468 g/mol. The van der Waals surface area contributed by atoms with Crippen LogP contribution in [0.25, 0.3) is 0 Å². The zero-order chi connectivity index (χ0) is 24.8. The molecule has 0 aliphatic carbocycles. The molecule has 8 nitrogen and oxygen atoms in total. The molecule has 3 aromatic carbocycles. The lowest BCUT2D eigenvalue weighted by atomic mass is 10.2. The monoisotopic (exact) mass is 496 g/mol. The Labute approximate surface area is 205 Å². The number of hydrogen-bond donors (Lipinski definition) is 1. The summed E-state index contributed by atoms with van der Waals surface area (Å²) in [6, 6.07) is 20.5. The SMILES string of the molecule is COc1ccc(S(=O)(=O)N2CCCC2C(=O)NCc2cccc(Oc3ccccc3)c2)cc1OC. The lowest BCUT2D eigenvalue weighted by molar-refractivity contribution is -0.124. The number of nitrogens with one attached hydrogen (secondary N) is 1. The summed E-state index contributed by atoms with van der Waals surface area (Å²) in [4.78, 5) is 13.1. The first kappa shape index (κ1) is 24.6. The van der Waals surface area contributed by atoms with E-state index in [0.29, 0.717) is 30.1 Å². The molecule has 35 heavy (non-hydrogen) atoms. The van der Waals surface area contributed by atoms with Crippen molar-refractivity contribution in [1.82, 2.24) is 9.62 Å². The standard InChI is InChI=1S/C26H28N2O6S/c1-32-24-14-13-22(17-25(24)33-2)35(30,31)28-15-7-12-23(28)26(29)27-18-19-8-6-11-21(16-19)34-20-9-4-3-5-10-20/h3-6,8-11,13-14,16-17,23H,7,12,15,18H2,1-2H3,(H,27,29). The van der Waals surface area contributed by atoms with E-state index in [0.717, 1.165) is 11.3 Å². The Morgan fingerprint density at radius 2 is 1.69 bits per heavy atom. The number of hydrogen-bond acceptors (Lipinski definition) is 6. The van der Waals surface area contributed by atoms with E-state index < -0.39 is 16.1 Å². The predicted octanol–water partition coefficient (Wildman–Crippen LogP) is 3.97. The summed E-state index contributed by atoms with van der Waals surface area (Å²) in [5.41, 5.74) is 0.846. The summed E-state index contributed by atoms with van der Waals surface area (Å²) >= 11 is 0.